The molecule has 0 saturated carbocycles. The third kappa shape index (κ3) is 12.4. The van der Waals surface area contributed by atoms with Crippen molar-refractivity contribution >= 4 is 22.6 Å². The van der Waals surface area contributed by atoms with Crippen molar-refractivity contribution in [2.75, 3.05) is 7.11 Å². The van der Waals surface area contributed by atoms with Gasteiger partial charge in [0.25, 0.3) is 0 Å². The molecule has 48 heavy (non-hydrogen) atoms. The van der Waals surface area contributed by atoms with Crippen molar-refractivity contribution < 1.29 is 67.4 Å². The molecule has 0 saturated heterocycles. The highest BCUT2D eigenvalue weighted by atomic mass is 28.4. The normalized spacial score (nSPS) is 16.3. The van der Waals surface area contributed by atoms with E-state index in [0.29, 0.717) is 0 Å². The van der Waals surface area contributed by atoms with Gasteiger partial charge in [-0.05, 0) is 46.7 Å². The summed E-state index contributed by atoms with van der Waals surface area (Å²) in [6.45, 7) is 16.4. The second kappa shape index (κ2) is 18.2. The van der Waals surface area contributed by atoms with Gasteiger partial charge in [0, 0.05) is 25.3 Å². The Kier molecular flexibility index (Phi) is 17.6. The Hall–Kier alpha value is -1.44. The van der Waals surface area contributed by atoms with Gasteiger partial charge in [-0.3, -0.25) is 0 Å². The summed E-state index contributed by atoms with van der Waals surface area (Å²) in [6, 6.07) is -1.36. The van der Waals surface area contributed by atoms with E-state index in [1.54, 1.807) is 55.4 Å². The number of ether oxygens (including phenoxy) is 1. The number of carbonyl (C=O) groups excluding carboxylic acids is 1. The van der Waals surface area contributed by atoms with Crippen LogP contribution in [0.4, 0.5) is 43.9 Å². The lowest BCUT2D eigenvalue weighted by Crippen LogP contribution is -2.55. The zero-order chi connectivity index (χ0) is 38.1. The van der Waals surface area contributed by atoms with Crippen LogP contribution in [0.3, 0.4) is 0 Å². The van der Waals surface area contributed by atoms with Gasteiger partial charge in [-0.15, -0.1) is 6.58 Å². The summed E-state index contributed by atoms with van der Waals surface area (Å²) in [5.74, 6) is -11.0. The number of carbonyl (C=O) groups is 1. The first-order valence-electron chi connectivity index (χ1n) is 15.9. The van der Waals surface area contributed by atoms with E-state index in [1.807, 2.05) is 0 Å². The Morgan fingerprint density at radius 3 is 1.42 bits per heavy atom. The van der Waals surface area contributed by atoms with Crippen molar-refractivity contribution in [3.8, 4) is 0 Å². The van der Waals surface area contributed by atoms with Crippen LogP contribution >= 0.6 is 0 Å². The monoisotopic (exact) mass is 750 g/mol. The standard InChI is InChI=1S/C31H52F10O5Si2/c1-11-12-24(42)19-26(46-48(22(6)7,23(8)9)18-16-29(34,35)31(39,40)41)25(13-14-27(43)44-10)45-47(20(2)3,21(4)5)17-15-28(32,33)30(36,37)38/h11,13-14,20-26,42H,1,12,15-19H2,2-10H3/b14-13+/t24-,25+,26+/m0/s1. The Morgan fingerprint density at radius 1 is 0.729 bits per heavy atom. The molecule has 0 aliphatic heterocycles. The van der Waals surface area contributed by atoms with Gasteiger partial charge in [-0.2, -0.15) is 43.9 Å². The maximum absolute atomic E-state index is 14.3. The maximum Gasteiger partial charge on any atom is 0.453 e. The van der Waals surface area contributed by atoms with Crippen LogP contribution in [-0.4, -0.2) is 77.3 Å². The molecule has 5 nitrogen and oxygen atoms in total. The molecular formula is C31H52F10O5Si2. The number of aliphatic hydroxyl groups is 1. The summed E-state index contributed by atoms with van der Waals surface area (Å²) in [7, 11) is -6.40. The largest absolute Gasteiger partial charge is 0.466 e. The van der Waals surface area contributed by atoms with E-state index in [9.17, 15) is 53.8 Å². The predicted molar refractivity (Wildman–Crippen MR) is 169 cm³/mol. The first-order chi connectivity index (χ1) is 21.6. The van der Waals surface area contributed by atoms with Crippen molar-refractivity contribution in [1.82, 2.24) is 0 Å². The van der Waals surface area contributed by atoms with Crippen LogP contribution in [-0.2, 0) is 18.4 Å². The van der Waals surface area contributed by atoms with Crippen LogP contribution < -0.4 is 0 Å². The van der Waals surface area contributed by atoms with Gasteiger partial charge in [0.2, 0.25) is 0 Å². The summed E-state index contributed by atoms with van der Waals surface area (Å²) in [5.41, 5.74) is -2.32. The van der Waals surface area contributed by atoms with Crippen LogP contribution in [0.5, 0.6) is 0 Å². The number of hydrogen-bond donors (Lipinski definition) is 1. The molecule has 0 amide bonds. The van der Waals surface area contributed by atoms with Crippen LogP contribution in [0.2, 0.25) is 34.3 Å². The van der Waals surface area contributed by atoms with Crippen LogP contribution in [0, 0.1) is 0 Å². The molecule has 0 bridgehead atoms. The first-order valence-corrected chi connectivity index (χ1v) is 20.4. The summed E-state index contributed by atoms with van der Waals surface area (Å²) < 4.78 is 154. The smallest absolute Gasteiger partial charge is 0.453 e. The Morgan fingerprint density at radius 2 is 1.10 bits per heavy atom. The molecule has 3 atom stereocenters. The fourth-order valence-corrected chi connectivity index (χ4v) is 15.2. The number of hydrogen-bond acceptors (Lipinski definition) is 5. The van der Waals surface area contributed by atoms with E-state index in [1.165, 1.54) is 6.08 Å². The van der Waals surface area contributed by atoms with Gasteiger partial charge >= 0.3 is 30.2 Å². The lowest BCUT2D eigenvalue weighted by atomic mass is 10.0. The molecule has 0 aliphatic rings. The summed E-state index contributed by atoms with van der Waals surface area (Å²) in [6.07, 6.45) is -15.8. The summed E-state index contributed by atoms with van der Waals surface area (Å²) >= 11 is 0. The van der Waals surface area contributed by atoms with Gasteiger partial charge < -0.3 is 18.7 Å². The summed E-state index contributed by atoms with van der Waals surface area (Å²) in [5, 5.41) is 10.9. The van der Waals surface area contributed by atoms with Crippen LogP contribution in [0.15, 0.2) is 24.8 Å². The number of methoxy groups -OCH3 is 1. The molecule has 0 aromatic carbocycles. The highest BCUT2D eigenvalue weighted by molar-refractivity contribution is 6.77. The van der Waals surface area contributed by atoms with Gasteiger partial charge in [-0.1, -0.05) is 61.5 Å². The predicted octanol–water partition coefficient (Wildman–Crippen LogP) is 10.5. The first kappa shape index (κ1) is 46.6. The average molecular weight is 751 g/mol. The number of halogens is 10. The number of esters is 1. The van der Waals surface area contributed by atoms with Gasteiger partial charge in [0.1, 0.15) is 0 Å². The highest BCUT2D eigenvalue weighted by Crippen LogP contribution is 2.48. The molecular weight excluding hydrogens is 698 g/mol. The molecule has 0 aromatic rings. The van der Waals surface area contributed by atoms with Crippen LogP contribution in [0.25, 0.3) is 0 Å². The molecule has 284 valence electrons. The maximum atomic E-state index is 14.3. The molecule has 0 fully saturated rings. The zero-order valence-corrected chi connectivity index (χ0v) is 31.1. The topological polar surface area (TPSA) is 65.0 Å². The van der Waals surface area contributed by atoms with E-state index in [4.69, 9.17) is 8.85 Å². The highest BCUT2D eigenvalue weighted by Gasteiger charge is 2.60. The number of alkyl halides is 10. The second-order valence-electron chi connectivity index (χ2n) is 13.5. The van der Waals surface area contributed by atoms with E-state index in [2.05, 4.69) is 11.3 Å². The molecule has 0 rings (SSSR count). The molecule has 0 heterocycles. The lowest BCUT2D eigenvalue weighted by molar-refractivity contribution is -0.283. The van der Waals surface area contributed by atoms with Crippen molar-refractivity contribution in [1.29, 1.82) is 0 Å². The van der Waals surface area contributed by atoms with E-state index >= 15 is 0 Å². The van der Waals surface area contributed by atoms with Gasteiger partial charge in [0.15, 0.2) is 16.6 Å². The second-order valence-corrected chi connectivity index (χ2v) is 23.4. The molecule has 1 N–H and O–H groups in total. The summed E-state index contributed by atoms with van der Waals surface area (Å²) in [4.78, 5) is 12.2. The zero-order valence-electron chi connectivity index (χ0n) is 29.1. The van der Waals surface area contributed by atoms with Crippen molar-refractivity contribution in [3.63, 3.8) is 0 Å². The SMILES string of the molecule is C=CC[C@H](O)C[C@@H](O[Si](CCC(F)(F)C(F)(F)F)(C(C)C)C(C)C)[C@@H](/C=C/C(=O)OC)O[Si](CCC(F)(F)C(F)(F)F)(C(C)C)C(C)C. The number of rotatable bonds is 21. The third-order valence-corrected chi connectivity index (χ3v) is 20.4. The molecule has 0 aliphatic carbocycles. The van der Waals surface area contributed by atoms with Crippen molar-refractivity contribution in [2.24, 2.45) is 0 Å². The minimum atomic E-state index is -5.83. The average Bonchev–Trinajstić information content (AvgIpc) is 2.92. The Balaban J connectivity index is 7.45. The Bertz CT molecular complexity index is 1010. The third-order valence-electron chi connectivity index (χ3n) is 9.06. The van der Waals surface area contributed by atoms with E-state index < -0.39 is 112 Å². The van der Waals surface area contributed by atoms with E-state index in [0.717, 1.165) is 19.3 Å². The van der Waals surface area contributed by atoms with Crippen LogP contribution in [0.1, 0.15) is 81.1 Å². The molecule has 17 heteroatoms. The fourth-order valence-electron chi connectivity index (χ4n) is 5.96. The molecule has 0 spiro atoms. The van der Waals surface area contributed by atoms with E-state index in [-0.39, 0.29) is 12.8 Å². The van der Waals surface area contributed by atoms with Gasteiger partial charge in [-0.25, -0.2) is 4.79 Å². The minimum Gasteiger partial charge on any atom is -0.466 e. The molecule has 0 aromatic heterocycles. The minimum absolute atomic E-state index is 0.0217. The molecule has 0 unspecified atom stereocenters. The molecule has 0 radical (unpaired) electrons. The Labute approximate surface area is 279 Å². The quantitative estimate of drug-likeness (QED) is 0.0416. The lowest BCUT2D eigenvalue weighted by Gasteiger charge is -2.47. The fraction of sp³-hybridized carbons (Fsp3) is 0.839. The number of aliphatic hydroxyl groups excluding tert-OH is 1. The van der Waals surface area contributed by atoms with Crippen molar-refractivity contribution in [3.05, 3.63) is 24.8 Å². The van der Waals surface area contributed by atoms with Crippen molar-refractivity contribution in [2.45, 2.75) is 158 Å². The van der Waals surface area contributed by atoms with Gasteiger partial charge in [0.05, 0.1) is 25.4 Å².